The fourth-order valence-corrected chi connectivity index (χ4v) is 1.65. The molecule has 13 heavy (non-hydrogen) atoms. The predicted molar refractivity (Wildman–Crippen MR) is 53.3 cm³/mol. The summed E-state index contributed by atoms with van der Waals surface area (Å²) >= 11 is 11.5. The van der Waals surface area contributed by atoms with Crippen LogP contribution >= 0.6 is 23.2 Å². The van der Waals surface area contributed by atoms with Crippen LogP contribution in [0.5, 0.6) is 0 Å². The van der Waals surface area contributed by atoms with Crippen molar-refractivity contribution < 1.29 is 9.53 Å². The second kappa shape index (κ2) is 4.63. The highest BCUT2D eigenvalue weighted by Gasteiger charge is 2.52. The second-order valence-corrected chi connectivity index (χ2v) is 4.76. The Morgan fingerprint density at radius 2 is 2.31 bits per heavy atom. The van der Waals surface area contributed by atoms with E-state index in [1.807, 2.05) is 0 Å². The highest BCUT2D eigenvalue weighted by Crippen LogP contribution is 2.44. The maximum absolute atomic E-state index is 10.9. The average Bonchev–Trinajstić information content (AvgIpc) is 2.10. The number of Topliss-reactive ketones (excluding diaryl/α,β-unsaturated/α-hetero) is 1. The minimum absolute atomic E-state index is 0.0137. The predicted octanol–water partition coefficient (Wildman–Crippen LogP) is 2.57. The van der Waals surface area contributed by atoms with Gasteiger partial charge in [0.25, 0.3) is 0 Å². The van der Waals surface area contributed by atoms with Crippen LogP contribution in [0.15, 0.2) is 0 Å². The third-order valence-electron chi connectivity index (χ3n) is 2.28. The number of carbonyl (C=O) groups is 1. The summed E-state index contributed by atoms with van der Waals surface area (Å²) in [5, 5.41) is 0. The Hall–Kier alpha value is 0.210. The molecule has 0 spiro atoms. The van der Waals surface area contributed by atoms with Crippen molar-refractivity contribution in [1.82, 2.24) is 0 Å². The third-order valence-corrected chi connectivity index (χ3v) is 3.32. The van der Waals surface area contributed by atoms with Crippen molar-refractivity contribution in [3.8, 4) is 0 Å². The van der Waals surface area contributed by atoms with Crippen LogP contribution in [0.1, 0.15) is 26.2 Å². The lowest BCUT2D eigenvalue weighted by Gasteiger charge is -2.37. The summed E-state index contributed by atoms with van der Waals surface area (Å²) in [6.07, 6.45) is 2.61. The van der Waals surface area contributed by atoms with Gasteiger partial charge in [-0.25, -0.2) is 0 Å². The largest absolute Gasteiger partial charge is 0.381 e. The first-order valence-corrected chi connectivity index (χ1v) is 5.33. The van der Waals surface area contributed by atoms with Crippen molar-refractivity contribution in [2.24, 2.45) is 5.92 Å². The fourth-order valence-electron chi connectivity index (χ4n) is 1.22. The van der Waals surface area contributed by atoms with Gasteiger partial charge in [-0.3, -0.25) is 4.79 Å². The zero-order valence-corrected chi connectivity index (χ0v) is 9.20. The van der Waals surface area contributed by atoms with E-state index in [1.54, 1.807) is 0 Å². The lowest BCUT2D eigenvalue weighted by molar-refractivity contribution is -0.130. The summed E-state index contributed by atoms with van der Waals surface area (Å²) in [6, 6.07) is 0. The Labute approximate surface area is 88.5 Å². The van der Waals surface area contributed by atoms with Gasteiger partial charge >= 0.3 is 0 Å². The number of alkyl halides is 2. The Kier molecular flexibility index (Phi) is 4.02. The highest BCUT2D eigenvalue weighted by molar-refractivity contribution is 6.60. The topological polar surface area (TPSA) is 26.3 Å². The quantitative estimate of drug-likeness (QED) is 0.531. The monoisotopic (exact) mass is 224 g/mol. The van der Waals surface area contributed by atoms with Crippen LogP contribution in [0.25, 0.3) is 0 Å². The number of unbranched alkanes of at least 4 members (excludes halogenated alkanes) is 1. The number of hydrogen-bond acceptors (Lipinski definition) is 2. The number of ether oxygens (including phenoxy) is 1. The molecule has 76 valence electrons. The Morgan fingerprint density at radius 3 is 2.77 bits per heavy atom. The zero-order valence-electron chi connectivity index (χ0n) is 7.69. The molecule has 4 heteroatoms. The Balaban J connectivity index is 2.14. The summed E-state index contributed by atoms with van der Waals surface area (Å²) in [5.74, 6) is -0.0971. The van der Waals surface area contributed by atoms with Gasteiger partial charge in [-0.1, -0.05) is 36.5 Å². The summed E-state index contributed by atoms with van der Waals surface area (Å²) in [7, 11) is 0. The first-order chi connectivity index (χ1) is 6.09. The minimum Gasteiger partial charge on any atom is -0.381 e. The lowest BCUT2D eigenvalue weighted by atomic mass is 9.83. The summed E-state index contributed by atoms with van der Waals surface area (Å²) in [5.41, 5.74) is 0. The van der Waals surface area contributed by atoms with E-state index < -0.39 is 4.33 Å². The van der Waals surface area contributed by atoms with Crippen molar-refractivity contribution >= 4 is 29.0 Å². The molecule has 0 aromatic rings. The van der Waals surface area contributed by atoms with Gasteiger partial charge in [-0.2, -0.15) is 0 Å². The molecule has 1 atom stereocenters. The molecule has 1 aliphatic rings. The van der Waals surface area contributed by atoms with Crippen molar-refractivity contribution in [2.45, 2.75) is 30.5 Å². The third kappa shape index (κ3) is 2.58. The van der Waals surface area contributed by atoms with Crippen molar-refractivity contribution in [3.63, 3.8) is 0 Å². The van der Waals surface area contributed by atoms with E-state index in [0.717, 1.165) is 19.4 Å². The number of ketones is 1. The van der Waals surface area contributed by atoms with Crippen LogP contribution in [-0.2, 0) is 9.53 Å². The number of carbonyl (C=O) groups excluding carboxylic acids is 1. The second-order valence-electron chi connectivity index (χ2n) is 3.38. The molecule has 1 aliphatic carbocycles. The molecule has 0 heterocycles. The van der Waals surface area contributed by atoms with Crippen LogP contribution in [0.2, 0.25) is 0 Å². The molecule has 1 unspecified atom stereocenters. The Morgan fingerprint density at radius 1 is 1.62 bits per heavy atom. The van der Waals surface area contributed by atoms with E-state index in [9.17, 15) is 4.79 Å². The molecule has 0 amide bonds. The molecular weight excluding hydrogens is 211 g/mol. The normalized spacial score (nSPS) is 25.8. The van der Waals surface area contributed by atoms with Gasteiger partial charge in [0.2, 0.25) is 0 Å². The van der Waals surface area contributed by atoms with E-state index in [2.05, 4.69) is 6.92 Å². The standard InChI is InChI=1S/C9H14Cl2O2/c1-2-3-4-13-6-7-5-8(12)9(7,10)11/h7H,2-6H2,1H3. The van der Waals surface area contributed by atoms with E-state index >= 15 is 0 Å². The van der Waals surface area contributed by atoms with Crippen LogP contribution in [0.3, 0.4) is 0 Å². The summed E-state index contributed by atoms with van der Waals surface area (Å²) in [4.78, 5) is 10.9. The number of rotatable bonds is 5. The van der Waals surface area contributed by atoms with E-state index in [-0.39, 0.29) is 11.7 Å². The smallest absolute Gasteiger partial charge is 0.181 e. The molecule has 0 bridgehead atoms. The van der Waals surface area contributed by atoms with Crippen molar-refractivity contribution in [1.29, 1.82) is 0 Å². The van der Waals surface area contributed by atoms with Crippen molar-refractivity contribution in [3.05, 3.63) is 0 Å². The lowest BCUT2D eigenvalue weighted by Crippen LogP contribution is -2.49. The average molecular weight is 225 g/mol. The van der Waals surface area contributed by atoms with Gasteiger partial charge in [0.1, 0.15) is 0 Å². The molecule has 0 radical (unpaired) electrons. The molecule has 1 fully saturated rings. The fraction of sp³-hybridized carbons (Fsp3) is 0.889. The zero-order chi connectivity index (χ0) is 9.90. The van der Waals surface area contributed by atoms with E-state index in [4.69, 9.17) is 27.9 Å². The van der Waals surface area contributed by atoms with Gasteiger partial charge < -0.3 is 4.74 Å². The highest BCUT2D eigenvalue weighted by atomic mass is 35.5. The summed E-state index contributed by atoms with van der Waals surface area (Å²) in [6.45, 7) is 3.33. The Bertz CT molecular complexity index is 192. The molecule has 1 rings (SSSR count). The molecule has 0 saturated heterocycles. The number of hydrogen-bond donors (Lipinski definition) is 0. The van der Waals surface area contributed by atoms with Gasteiger partial charge in [-0.15, -0.1) is 0 Å². The van der Waals surface area contributed by atoms with E-state index in [1.165, 1.54) is 0 Å². The van der Waals surface area contributed by atoms with Crippen LogP contribution < -0.4 is 0 Å². The molecule has 0 N–H and O–H groups in total. The molecule has 2 nitrogen and oxygen atoms in total. The van der Waals surface area contributed by atoms with Gasteiger partial charge in [0.15, 0.2) is 10.1 Å². The molecule has 0 aromatic carbocycles. The molecular formula is C9H14Cl2O2. The maximum Gasteiger partial charge on any atom is 0.181 e. The molecule has 0 aliphatic heterocycles. The first-order valence-electron chi connectivity index (χ1n) is 4.58. The molecule has 1 saturated carbocycles. The molecule has 0 aromatic heterocycles. The summed E-state index contributed by atoms with van der Waals surface area (Å²) < 4.78 is 4.17. The van der Waals surface area contributed by atoms with Crippen LogP contribution in [-0.4, -0.2) is 23.3 Å². The number of halogens is 2. The van der Waals surface area contributed by atoms with Crippen molar-refractivity contribution in [2.75, 3.05) is 13.2 Å². The maximum atomic E-state index is 10.9. The SMILES string of the molecule is CCCCOCC1CC(=O)C1(Cl)Cl. The van der Waals surface area contributed by atoms with Crippen LogP contribution in [0.4, 0.5) is 0 Å². The van der Waals surface area contributed by atoms with Gasteiger partial charge in [-0.05, 0) is 6.42 Å². The minimum atomic E-state index is -1.17. The first kappa shape index (κ1) is 11.3. The van der Waals surface area contributed by atoms with Crippen LogP contribution in [0, 0.1) is 5.92 Å². The van der Waals surface area contributed by atoms with Gasteiger partial charge in [0.05, 0.1) is 6.61 Å². The van der Waals surface area contributed by atoms with E-state index in [0.29, 0.717) is 13.0 Å². The van der Waals surface area contributed by atoms with Gasteiger partial charge in [0, 0.05) is 18.9 Å².